The molecular weight excluding hydrogens is 352 g/mol. The van der Waals surface area contributed by atoms with E-state index < -0.39 is 0 Å². The second kappa shape index (κ2) is 15.1. The van der Waals surface area contributed by atoms with E-state index in [-0.39, 0.29) is 11.6 Å². The van der Waals surface area contributed by atoms with Gasteiger partial charge in [0.15, 0.2) is 11.6 Å². The van der Waals surface area contributed by atoms with Crippen LogP contribution < -0.4 is 0 Å². The maximum Gasteiger partial charge on any atom is 0.195 e. The number of allylic oxidation sites excluding steroid dienone is 4. The zero-order chi connectivity index (χ0) is 19.9. The molecule has 0 saturated heterocycles. The molecular formula is C24H40O2S. The summed E-state index contributed by atoms with van der Waals surface area (Å²) in [4.78, 5) is 24.7. The van der Waals surface area contributed by atoms with E-state index in [1.807, 2.05) is 0 Å². The average Bonchev–Trinajstić information content (AvgIpc) is 2.65. The molecule has 0 aromatic heterocycles. The van der Waals surface area contributed by atoms with Crippen molar-refractivity contribution >= 4 is 23.3 Å². The summed E-state index contributed by atoms with van der Waals surface area (Å²) < 4.78 is 0. The first-order valence-electron chi connectivity index (χ1n) is 11.2. The largest absolute Gasteiger partial charge is 0.290 e. The summed E-state index contributed by atoms with van der Waals surface area (Å²) in [7, 11) is 0. The number of hydrogen-bond acceptors (Lipinski definition) is 3. The lowest BCUT2D eigenvalue weighted by atomic mass is 9.99. The fourth-order valence-electron chi connectivity index (χ4n) is 3.48. The van der Waals surface area contributed by atoms with Crippen LogP contribution in [-0.2, 0) is 9.59 Å². The summed E-state index contributed by atoms with van der Waals surface area (Å²) in [6.45, 7) is 5.78. The van der Waals surface area contributed by atoms with Crippen LogP contribution in [0.4, 0.5) is 0 Å². The molecule has 0 bridgehead atoms. The predicted octanol–water partition coefficient (Wildman–Crippen LogP) is 7.57. The lowest BCUT2D eigenvalue weighted by Gasteiger charge is -2.14. The quantitative estimate of drug-likeness (QED) is 0.200. The van der Waals surface area contributed by atoms with Crippen molar-refractivity contribution in [2.24, 2.45) is 0 Å². The molecule has 0 aliphatic heterocycles. The van der Waals surface area contributed by atoms with Crippen LogP contribution in [0.15, 0.2) is 22.1 Å². The van der Waals surface area contributed by atoms with Crippen LogP contribution in [0.2, 0.25) is 0 Å². The van der Waals surface area contributed by atoms with Crippen LogP contribution in [0.25, 0.3) is 0 Å². The van der Waals surface area contributed by atoms with Crippen molar-refractivity contribution in [2.45, 2.75) is 111 Å². The Labute approximate surface area is 171 Å². The van der Waals surface area contributed by atoms with Gasteiger partial charge in [-0.25, -0.2) is 0 Å². The predicted molar refractivity (Wildman–Crippen MR) is 119 cm³/mol. The Balaban J connectivity index is 1.93. The van der Waals surface area contributed by atoms with E-state index in [1.54, 1.807) is 25.6 Å². The topological polar surface area (TPSA) is 34.1 Å². The van der Waals surface area contributed by atoms with E-state index >= 15 is 0 Å². The van der Waals surface area contributed by atoms with Crippen molar-refractivity contribution in [1.29, 1.82) is 0 Å². The molecule has 0 heterocycles. The van der Waals surface area contributed by atoms with Crippen molar-refractivity contribution in [3.05, 3.63) is 22.1 Å². The monoisotopic (exact) mass is 392 g/mol. The van der Waals surface area contributed by atoms with Crippen molar-refractivity contribution in [1.82, 2.24) is 0 Å². The molecule has 0 N–H and O–H groups in total. The van der Waals surface area contributed by atoms with Crippen LogP contribution in [0.3, 0.4) is 0 Å². The number of Topliss-reactive ketones (excluding diaryl/α,β-unsaturated/α-hetero) is 1. The Morgan fingerprint density at radius 3 is 1.63 bits per heavy atom. The third-order valence-electron chi connectivity index (χ3n) is 5.37. The summed E-state index contributed by atoms with van der Waals surface area (Å²) in [6.07, 6.45) is 20.5. The highest BCUT2D eigenvalue weighted by atomic mass is 32.2. The molecule has 3 heteroatoms. The van der Waals surface area contributed by atoms with Gasteiger partial charge in [0.1, 0.15) is 0 Å². The zero-order valence-electron chi connectivity index (χ0n) is 17.9. The van der Waals surface area contributed by atoms with Gasteiger partial charge in [0.05, 0.1) is 4.91 Å². The molecule has 1 aliphatic rings. The Morgan fingerprint density at radius 2 is 1.15 bits per heavy atom. The molecule has 1 rings (SSSR count). The summed E-state index contributed by atoms with van der Waals surface area (Å²) >= 11 is 1.57. The third-order valence-corrected chi connectivity index (χ3v) is 6.64. The van der Waals surface area contributed by atoms with Gasteiger partial charge in [-0.1, -0.05) is 90.4 Å². The second-order valence-electron chi connectivity index (χ2n) is 7.92. The number of hydrogen-bond donors (Lipinski definition) is 0. The maximum absolute atomic E-state index is 12.2. The normalized spacial score (nSPS) is 14.9. The highest BCUT2D eigenvalue weighted by molar-refractivity contribution is 8.04. The molecule has 0 saturated carbocycles. The second-order valence-corrected chi connectivity index (χ2v) is 9.02. The van der Waals surface area contributed by atoms with Gasteiger partial charge in [0, 0.05) is 11.1 Å². The molecule has 0 unspecified atom stereocenters. The zero-order valence-corrected chi connectivity index (χ0v) is 18.7. The SMILES string of the molecule is CCCCCCCCCCCCCCCCSC1=C(C)C(=O)C=C(C)C1=O. The number of ketones is 2. The lowest BCUT2D eigenvalue weighted by Crippen LogP contribution is -2.15. The number of carbonyl (C=O) groups is 2. The van der Waals surface area contributed by atoms with Crippen LogP contribution in [0.5, 0.6) is 0 Å². The highest BCUT2D eigenvalue weighted by Gasteiger charge is 2.23. The third kappa shape index (κ3) is 10.3. The van der Waals surface area contributed by atoms with E-state index in [9.17, 15) is 9.59 Å². The standard InChI is InChI=1S/C24H40O2S/c1-4-5-6-7-8-9-10-11-12-13-14-15-16-17-18-27-24-21(3)22(25)19-20(2)23(24)26/h19H,4-18H2,1-3H3. The van der Waals surface area contributed by atoms with Gasteiger partial charge >= 0.3 is 0 Å². The summed E-state index contributed by atoms with van der Waals surface area (Å²) in [6, 6.07) is 0. The van der Waals surface area contributed by atoms with E-state index in [1.165, 1.54) is 89.5 Å². The minimum Gasteiger partial charge on any atom is -0.290 e. The summed E-state index contributed by atoms with van der Waals surface area (Å²) in [5.41, 5.74) is 1.20. The number of carbonyl (C=O) groups excluding carboxylic acids is 2. The van der Waals surface area contributed by atoms with E-state index in [2.05, 4.69) is 6.92 Å². The molecule has 27 heavy (non-hydrogen) atoms. The molecule has 154 valence electrons. The van der Waals surface area contributed by atoms with Crippen LogP contribution >= 0.6 is 11.8 Å². The number of thioether (sulfide) groups is 1. The molecule has 2 nitrogen and oxygen atoms in total. The molecule has 0 aromatic carbocycles. The van der Waals surface area contributed by atoms with Crippen LogP contribution in [0.1, 0.15) is 111 Å². The summed E-state index contributed by atoms with van der Waals surface area (Å²) in [5.74, 6) is 0.981. The molecule has 0 aromatic rings. The first-order chi connectivity index (χ1) is 13.1. The molecule has 1 aliphatic carbocycles. The molecule has 0 radical (unpaired) electrons. The Morgan fingerprint density at radius 1 is 0.704 bits per heavy atom. The highest BCUT2D eigenvalue weighted by Crippen LogP contribution is 2.29. The van der Waals surface area contributed by atoms with Gasteiger partial charge in [-0.2, -0.15) is 0 Å². The van der Waals surface area contributed by atoms with Crippen LogP contribution in [0, 0.1) is 0 Å². The number of rotatable bonds is 16. The van der Waals surface area contributed by atoms with Gasteiger partial charge < -0.3 is 0 Å². The van der Waals surface area contributed by atoms with Gasteiger partial charge in [0.2, 0.25) is 0 Å². The average molecular weight is 393 g/mol. The maximum atomic E-state index is 12.2. The Kier molecular flexibility index (Phi) is 13.6. The van der Waals surface area contributed by atoms with Gasteiger partial charge in [-0.3, -0.25) is 9.59 Å². The van der Waals surface area contributed by atoms with Gasteiger partial charge in [0.25, 0.3) is 0 Å². The minimum absolute atomic E-state index is 0.00411. The molecule has 0 amide bonds. The fraction of sp³-hybridized carbons (Fsp3) is 0.750. The number of unbranched alkanes of at least 4 members (excludes halogenated alkanes) is 13. The smallest absolute Gasteiger partial charge is 0.195 e. The van der Waals surface area contributed by atoms with E-state index in [0.717, 1.165) is 12.2 Å². The van der Waals surface area contributed by atoms with E-state index in [4.69, 9.17) is 0 Å². The van der Waals surface area contributed by atoms with Crippen LogP contribution in [-0.4, -0.2) is 17.3 Å². The van der Waals surface area contributed by atoms with Gasteiger partial charge in [-0.15, -0.1) is 11.8 Å². The Bertz CT molecular complexity index is 516. The van der Waals surface area contributed by atoms with Gasteiger partial charge in [-0.05, 0) is 32.1 Å². The van der Waals surface area contributed by atoms with Crippen molar-refractivity contribution in [3.63, 3.8) is 0 Å². The van der Waals surface area contributed by atoms with Crippen molar-refractivity contribution in [2.75, 3.05) is 5.75 Å². The first-order valence-corrected chi connectivity index (χ1v) is 12.2. The molecule has 0 fully saturated rings. The molecule has 0 spiro atoms. The summed E-state index contributed by atoms with van der Waals surface area (Å²) in [5, 5.41) is 0. The van der Waals surface area contributed by atoms with E-state index in [0.29, 0.717) is 16.1 Å². The fourth-order valence-corrected chi connectivity index (χ4v) is 4.64. The first kappa shape index (κ1) is 24.2. The molecule has 0 atom stereocenters. The minimum atomic E-state index is -0.00411. The Hall–Kier alpha value is -0.830. The lowest BCUT2D eigenvalue weighted by molar-refractivity contribution is -0.115. The van der Waals surface area contributed by atoms with Crippen molar-refractivity contribution in [3.8, 4) is 0 Å². The van der Waals surface area contributed by atoms with Crippen molar-refractivity contribution < 1.29 is 9.59 Å².